The number of nitrogens with zero attached hydrogens (tertiary/aromatic N) is 2. The molecule has 2 aromatic heterocycles. The molecule has 1 N–H and O–H groups in total. The van der Waals surface area contributed by atoms with E-state index in [1.807, 2.05) is 19.3 Å². The zero-order valence-corrected chi connectivity index (χ0v) is 13.1. The molecule has 0 saturated carbocycles. The normalized spacial score (nSPS) is 9.06. The third-order valence-electron chi connectivity index (χ3n) is 1.93. The number of pyridine rings is 1. The first-order valence-electron chi connectivity index (χ1n) is 4.55. The number of nitrogens with one attached hydrogen (secondary N) is 1. The van der Waals surface area contributed by atoms with Crippen molar-refractivity contribution in [2.75, 3.05) is 0 Å². The third kappa shape index (κ3) is 3.70. The van der Waals surface area contributed by atoms with Crippen molar-refractivity contribution >= 4 is 23.8 Å². The van der Waals surface area contributed by atoms with Gasteiger partial charge in [-0.05, 0) is 24.0 Å². The van der Waals surface area contributed by atoms with Crippen LogP contribution in [0.25, 0.3) is 0 Å². The van der Waals surface area contributed by atoms with Crippen molar-refractivity contribution in [2.45, 2.75) is 0 Å². The molecule has 2 rings (SSSR count). The van der Waals surface area contributed by atoms with E-state index in [2.05, 4.69) is 21.9 Å². The zero-order valence-electron chi connectivity index (χ0n) is 10.5. The zero-order chi connectivity index (χ0) is 11.5. The van der Waals surface area contributed by atoms with Gasteiger partial charge in [0.15, 0.2) is 0 Å². The van der Waals surface area contributed by atoms with Crippen LogP contribution in [0.2, 0.25) is 5.02 Å². The second kappa shape index (κ2) is 6.39. The molecule has 3 nitrogen and oxygen atoms in total. The van der Waals surface area contributed by atoms with Crippen molar-refractivity contribution < 1.29 is 31.0 Å². The average Bonchev–Trinajstić information content (AvgIpc) is 2.67. The van der Waals surface area contributed by atoms with E-state index in [1.54, 1.807) is 16.9 Å². The van der Waals surface area contributed by atoms with Crippen molar-refractivity contribution in [3.05, 3.63) is 45.4 Å². The Morgan fingerprint density at radius 2 is 2.24 bits per heavy atom. The molecular weight excluding hydrogens is 265 g/mol. The molecule has 82 valence electrons. The molecule has 0 aliphatic heterocycles. The molecule has 0 aliphatic carbocycles. The fourth-order valence-corrected chi connectivity index (χ4v) is 1.49. The minimum absolute atomic E-state index is 0. The Hall–Kier alpha value is -0.570. The summed E-state index contributed by atoms with van der Waals surface area (Å²) in [5.41, 5.74) is 1.31. The molecule has 17 heavy (non-hydrogen) atoms. The van der Waals surface area contributed by atoms with E-state index >= 15 is 0 Å². The van der Waals surface area contributed by atoms with Gasteiger partial charge >= 0.3 is 29.6 Å². The van der Waals surface area contributed by atoms with E-state index in [0.29, 0.717) is 20.9 Å². The largest absolute Gasteiger partial charge is 1.00 e. The second-order valence-electron chi connectivity index (χ2n) is 3.16. The Morgan fingerprint density at radius 1 is 1.47 bits per heavy atom. The van der Waals surface area contributed by atoms with Crippen LogP contribution in [0.15, 0.2) is 24.5 Å². The van der Waals surface area contributed by atoms with Crippen molar-refractivity contribution in [3.63, 3.8) is 0 Å². The van der Waals surface area contributed by atoms with Crippen LogP contribution in [0.5, 0.6) is 0 Å². The topological polar surface area (TPSA) is 33.6 Å². The van der Waals surface area contributed by atoms with Crippen LogP contribution < -0.4 is 29.6 Å². The first-order valence-corrected chi connectivity index (χ1v) is 5.34. The van der Waals surface area contributed by atoms with E-state index in [4.69, 9.17) is 23.8 Å². The van der Waals surface area contributed by atoms with E-state index in [0.717, 1.165) is 0 Å². The molecule has 0 radical (unpaired) electrons. The van der Waals surface area contributed by atoms with Crippen molar-refractivity contribution in [1.82, 2.24) is 14.8 Å². The summed E-state index contributed by atoms with van der Waals surface area (Å²) in [4.78, 5) is 2.95. The van der Waals surface area contributed by atoms with Gasteiger partial charge in [-0.25, -0.2) is 0 Å². The molecule has 6 heteroatoms. The number of aromatic nitrogens is 3. The molecule has 0 fully saturated rings. The van der Waals surface area contributed by atoms with Crippen molar-refractivity contribution in [3.8, 4) is 11.8 Å². The standard InChI is InChI=1S/C11H8ClN3S.Na.H/c1-15-7-5-8(14-15)2-3-9-11(12)10(16)4-6-13-9;;/h4-7H,1H3,(H,13,16);;/q;+1;-1. The van der Waals surface area contributed by atoms with Gasteiger partial charge in [-0.2, -0.15) is 5.10 Å². The molecular formula is C11H9ClN3NaS. The quantitative estimate of drug-likeness (QED) is 0.404. The third-order valence-corrected chi connectivity index (χ3v) is 2.77. The fraction of sp³-hybridized carbons (Fsp3) is 0.0909. The number of halogens is 1. The van der Waals surface area contributed by atoms with Gasteiger partial charge in [0.25, 0.3) is 0 Å². The summed E-state index contributed by atoms with van der Waals surface area (Å²) >= 11 is 11.0. The van der Waals surface area contributed by atoms with Gasteiger partial charge in [-0.1, -0.05) is 23.8 Å². The first-order chi connectivity index (χ1) is 7.66. The number of H-pyrrole nitrogens is 1. The summed E-state index contributed by atoms with van der Waals surface area (Å²) in [7, 11) is 1.84. The molecule has 0 aliphatic rings. The molecule has 0 saturated heterocycles. The predicted octanol–water partition coefficient (Wildman–Crippen LogP) is -0.353. The van der Waals surface area contributed by atoms with Gasteiger partial charge in [0.2, 0.25) is 0 Å². The first kappa shape index (κ1) is 14.5. The minimum atomic E-state index is 0. The van der Waals surface area contributed by atoms with Gasteiger partial charge in [-0.3, -0.25) is 4.68 Å². The Kier molecular flexibility index (Phi) is 5.44. The minimum Gasteiger partial charge on any atom is -1.00 e. The monoisotopic (exact) mass is 273 g/mol. The van der Waals surface area contributed by atoms with Crippen LogP contribution in [0.1, 0.15) is 12.8 Å². The van der Waals surface area contributed by atoms with Crippen molar-refractivity contribution in [1.29, 1.82) is 0 Å². The number of aromatic amines is 1. The molecule has 0 aromatic carbocycles. The van der Waals surface area contributed by atoms with Crippen LogP contribution in [-0.2, 0) is 7.05 Å². The summed E-state index contributed by atoms with van der Waals surface area (Å²) < 4.78 is 2.28. The van der Waals surface area contributed by atoms with Crippen LogP contribution in [0, 0.1) is 16.4 Å². The molecule has 0 atom stereocenters. The molecule has 0 unspecified atom stereocenters. The maximum Gasteiger partial charge on any atom is 1.00 e. The molecule has 0 spiro atoms. The maximum absolute atomic E-state index is 6.00. The van der Waals surface area contributed by atoms with Gasteiger partial charge in [0.1, 0.15) is 11.4 Å². The molecule has 2 aromatic rings. The van der Waals surface area contributed by atoms with Gasteiger partial charge in [-0.15, -0.1) is 0 Å². The van der Waals surface area contributed by atoms with Crippen LogP contribution >= 0.6 is 23.8 Å². The Morgan fingerprint density at radius 3 is 2.88 bits per heavy atom. The molecule has 0 amide bonds. The summed E-state index contributed by atoms with van der Waals surface area (Å²) in [5.74, 6) is 5.81. The Labute approximate surface area is 133 Å². The molecule has 2 heterocycles. The number of rotatable bonds is 0. The summed E-state index contributed by atoms with van der Waals surface area (Å²) in [6.45, 7) is 0. The predicted molar refractivity (Wildman–Crippen MR) is 66.9 cm³/mol. The SMILES string of the molecule is Cn1ccc(C#Cc2[nH]ccc(=S)c2Cl)n1.[H-].[Na+]. The van der Waals surface area contributed by atoms with Crippen LogP contribution in [-0.4, -0.2) is 14.8 Å². The summed E-state index contributed by atoms with van der Waals surface area (Å²) in [5, 5.41) is 4.61. The van der Waals surface area contributed by atoms with Crippen LogP contribution in [0.4, 0.5) is 0 Å². The number of hydrogen-bond acceptors (Lipinski definition) is 2. The van der Waals surface area contributed by atoms with E-state index in [9.17, 15) is 0 Å². The number of hydrogen-bond donors (Lipinski definition) is 1. The van der Waals surface area contributed by atoms with E-state index in [1.165, 1.54) is 0 Å². The van der Waals surface area contributed by atoms with Crippen LogP contribution in [0.3, 0.4) is 0 Å². The smallest absolute Gasteiger partial charge is 1.00 e. The van der Waals surface area contributed by atoms with Crippen molar-refractivity contribution in [2.24, 2.45) is 7.05 Å². The average molecular weight is 274 g/mol. The van der Waals surface area contributed by atoms with E-state index < -0.39 is 0 Å². The van der Waals surface area contributed by atoms with E-state index in [-0.39, 0.29) is 31.0 Å². The van der Waals surface area contributed by atoms with Gasteiger partial charge in [0.05, 0.1) is 9.53 Å². The summed E-state index contributed by atoms with van der Waals surface area (Å²) in [6.07, 6.45) is 3.55. The molecule has 0 bridgehead atoms. The Bertz CT molecular complexity index is 641. The second-order valence-corrected chi connectivity index (χ2v) is 3.97. The maximum atomic E-state index is 6.00. The Balaban J connectivity index is 0.00000144. The number of aryl methyl sites for hydroxylation is 1. The fourth-order valence-electron chi connectivity index (χ4n) is 1.16. The summed E-state index contributed by atoms with van der Waals surface area (Å²) in [6, 6.07) is 3.56. The van der Waals surface area contributed by atoms with Gasteiger partial charge < -0.3 is 6.41 Å². The van der Waals surface area contributed by atoms with Gasteiger partial charge in [0, 0.05) is 19.4 Å².